The third-order valence-corrected chi connectivity index (χ3v) is 4.80. The summed E-state index contributed by atoms with van der Waals surface area (Å²) in [5.41, 5.74) is 1.26. The molecule has 0 aromatic rings. The SMILES string of the molecule is CCN(C(=O)CN(CC)C1CCNCC1)C1=CCCCC1. The first-order valence-electron chi connectivity index (χ1n) is 8.70. The van der Waals surface area contributed by atoms with Crippen molar-refractivity contribution in [3.63, 3.8) is 0 Å². The number of rotatable bonds is 6. The van der Waals surface area contributed by atoms with Gasteiger partial charge in [-0.25, -0.2) is 0 Å². The van der Waals surface area contributed by atoms with E-state index in [4.69, 9.17) is 0 Å². The second-order valence-corrected chi connectivity index (χ2v) is 6.12. The number of carbonyl (C=O) groups is 1. The summed E-state index contributed by atoms with van der Waals surface area (Å²) in [7, 11) is 0. The van der Waals surface area contributed by atoms with Crippen LogP contribution in [0.3, 0.4) is 0 Å². The van der Waals surface area contributed by atoms with E-state index in [0.717, 1.165) is 51.9 Å². The van der Waals surface area contributed by atoms with Gasteiger partial charge in [0, 0.05) is 18.3 Å². The lowest BCUT2D eigenvalue weighted by atomic mass is 10.0. The van der Waals surface area contributed by atoms with Crippen molar-refractivity contribution in [2.24, 2.45) is 0 Å². The minimum atomic E-state index is 0.283. The van der Waals surface area contributed by atoms with Gasteiger partial charge >= 0.3 is 0 Å². The van der Waals surface area contributed by atoms with Crippen molar-refractivity contribution >= 4 is 5.91 Å². The molecule has 1 aliphatic carbocycles. The number of piperidine rings is 1. The van der Waals surface area contributed by atoms with Gasteiger partial charge in [-0.1, -0.05) is 13.0 Å². The number of carbonyl (C=O) groups excluding carboxylic acids is 1. The van der Waals surface area contributed by atoms with E-state index in [1.807, 2.05) is 4.90 Å². The van der Waals surface area contributed by atoms with Crippen LogP contribution in [0.1, 0.15) is 52.4 Å². The highest BCUT2D eigenvalue weighted by molar-refractivity contribution is 5.80. The van der Waals surface area contributed by atoms with Crippen LogP contribution in [0.15, 0.2) is 11.8 Å². The molecule has 1 amide bonds. The Labute approximate surface area is 129 Å². The average Bonchev–Trinajstić information content (AvgIpc) is 2.55. The summed E-state index contributed by atoms with van der Waals surface area (Å²) >= 11 is 0. The van der Waals surface area contributed by atoms with E-state index < -0.39 is 0 Å². The maximum Gasteiger partial charge on any atom is 0.240 e. The zero-order valence-corrected chi connectivity index (χ0v) is 13.7. The molecule has 0 spiro atoms. The summed E-state index contributed by atoms with van der Waals surface area (Å²) < 4.78 is 0. The first-order valence-corrected chi connectivity index (χ1v) is 8.70. The van der Waals surface area contributed by atoms with E-state index in [-0.39, 0.29) is 5.91 Å². The molecule has 0 atom stereocenters. The fraction of sp³-hybridized carbons (Fsp3) is 0.824. The Morgan fingerprint density at radius 1 is 1.24 bits per heavy atom. The van der Waals surface area contributed by atoms with E-state index >= 15 is 0 Å². The van der Waals surface area contributed by atoms with Crippen molar-refractivity contribution in [3.05, 3.63) is 11.8 Å². The van der Waals surface area contributed by atoms with Gasteiger partial charge in [0.25, 0.3) is 0 Å². The summed E-state index contributed by atoms with van der Waals surface area (Å²) in [5, 5.41) is 3.40. The molecule has 0 aromatic heterocycles. The molecular weight excluding hydrogens is 262 g/mol. The van der Waals surface area contributed by atoms with Crippen molar-refractivity contribution < 1.29 is 4.79 Å². The molecule has 1 fully saturated rings. The number of likely N-dealkylation sites (N-methyl/N-ethyl adjacent to an activating group) is 2. The van der Waals surface area contributed by atoms with Gasteiger partial charge in [-0.3, -0.25) is 9.69 Å². The fourth-order valence-corrected chi connectivity index (χ4v) is 3.54. The molecule has 0 saturated carbocycles. The molecule has 0 radical (unpaired) electrons. The van der Waals surface area contributed by atoms with Gasteiger partial charge in [-0.2, -0.15) is 0 Å². The molecule has 4 heteroatoms. The maximum absolute atomic E-state index is 12.7. The van der Waals surface area contributed by atoms with Crippen LogP contribution in [-0.4, -0.2) is 54.5 Å². The first-order chi connectivity index (χ1) is 10.3. The zero-order chi connectivity index (χ0) is 15.1. The molecule has 1 saturated heterocycles. The van der Waals surface area contributed by atoms with Gasteiger partial charge in [-0.05, 0) is 65.1 Å². The zero-order valence-electron chi connectivity index (χ0n) is 13.7. The third-order valence-electron chi connectivity index (χ3n) is 4.80. The second-order valence-electron chi connectivity index (χ2n) is 6.12. The molecular formula is C17H31N3O. The first kappa shape index (κ1) is 16.5. The number of amides is 1. The highest BCUT2D eigenvalue weighted by Crippen LogP contribution is 2.21. The Morgan fingerprint density at radius 3 is 2.57 bits per heavy atom. The average molecular weight is 293 g/mol. The summed E-state index contributed by atoms with van der Waals surface area (Å²) in [4.78, 5) is 17.1. The Hall–Kier alpha value is -0.870. The number of allylic oxidation sites excluding steroid dienone is 2. The van der Waals surface area contributed by atoms with Crippen LogP contribution in [-0.2, 0) is 4.79 Å². The Balaban J connectivity index is 1.94. The summed E-state index contributed by atoms with van der Waals surface area (Å²) in [5.74, 6) is 0.283. The Morgan fingerprint density at radius 2 is 2.00 bits per heavy atom. The molecule has 2 aliphatic rings. The van der Waals surface area contributed by atoms with Crippen molar-refractivity contribution in [2.45, 2.75) is 58.4 Å². The smallest absolute Gasteiger partial charge is 0.240 e. The molecule has 1 N–H and O–H groups in total. The van der Waals surface area contributed by atoms with E-state index in [0.29, 0.717) is 12.6 Å². The third kappa shape index (κ3) is 4.55. The predicted octanol–water partition coefficient (Wildman–Crippen LogP) is 2.37. The van der Waals surface area contributed by atoms with Gasteiger partial charge in [0.2, 0.25) is 5.91 Å². The van der Waals surface area contributed by atoms with E-state index in [1.54, 1.807) is 0 Å². The number of hydrogen-bond acceptors (Lipinski definition) is 3. The van der Waals surface area contributed by atoms with Crippen molar-refractivity contribution in [1.82, 2.24) is 15.1 Å². The standard InChI is InChI=1S/C17H31N3O/c1-3-19(15-10-12-18-13-11-15)14-17(21)20(4-2)16-8-6-5-7-9-16/h8,15,18H,3-7,9-14H2,1-2H3. The minimum absolute atomic E-state index is 0.283. The van der Waals surface area contributed by atoms with Crippen LogP contribution in [0.4, 0.5) is 0 Å². The van der Waals surface area contributed by atoms with Gasteiger partial charge in [0.1, 0.15) is 0 Å². The minimum Gasteiger partial charge on any atom is -0.317 e. The lowest BCUT2D eigenvalue weighted by Crippen LogP contribution is -2.48. The summed E-state index contributed by atoms with van der Waals surface area (Å²) in [6.07, 6.45) is 9.29. The number of nitrogens with zero attached hydrogens (tertiary/aromatic N) is 2. The van der Waals surface area contributed by atoms with Gasteiger partial charge in [-0.15, -0.1) is 0 Å². The van der Waals surface area contributed by atoms with Crippen LogP contribution in [0, 0.1) is 0 Å². The molecule has 0 aromatic carbocycles. The van der Waals surface area contributed by atoms with E-state index in [2.05, 4.69) is 30.1 Å². The van der Waals surface area contributed by atoms with E-state index in [9.17, 15) is 4.79 Å². The molecule has 21 heavy (non-hydrogen) atoms. The summed E-state index contributed by atoms with van der Waals surface area (Å²) in [6.45, 7) is 8.77. The predicted molar refractivity (Wildman–Crippen MR) is 87.1 cm³/mol. The lowest BCUT2D eigenvalue weighted by molar-refractivity contribution is -0.131. The van der Waals surface area contributed by atoms with Crippen molar-refractivity contribution in [1.29, 1.82) is 0 Å². The Kier molecular flexibility index (Phi) is 6.71. The van der Waals surface area contributed by atoms with Gasteiger partial charge in [0.05, 0.1) is 6.54 Å². The monoisotopic (exact) mass is 293 g/mol. The van der Waals surface area contributed by atoms with Crippen LogP contribution in [0.25, 0.3) is 0 Å². The molecule has 1 aliphatic heterocycles. The van der Waals surface area contributed by atoms with Crippen LogP contribution in [0.5, 0.6) is 0 Å². The van der Waals surface area contributed by atoms with Crippen LogP contribution in [0.2, 0.25) is 0 Å². The van der Waals surface area contributed by atoms with Crippen molar-refractivity contribution in [3.8, 4) is 0 Å². The molecule has 2 rings (SSSR count). The van der Waals surface area contributed by atoms with Gasteiger partial charge in [0.15, 0.2) is 0 Å². The number of hydrogen-bond donors (Lipinski definition) is 1. The number of nitrogens with one attached hydrogen (secondary N) is 1. The molecule has 4 nitrogen and oxygen atoms in total. The highest BCUT2D eigenvalue weighted by atomic mass is 16.2. The fourth-order valence-electron chi connectivity index (χ4n) is 3.54. The molecule has 0 unspecified atom stereocenters. The highest BCUT2D eigenvalue weighted by Gasteiger charge is 2.25. The normalized spacial score (nSPS) is 20.4. The molecule has 0 bridgehead atoms. The molecule has 120 valence electrons. The van der Waals surface area contributed by atoms with Crippen LogP contribution < -0.4 is 5.32 Å². The maximum atomic E-state index is 12.7. The largest absolute Gasteiger partial charge is 0.317 e. The summed E-state index contributed by atoms with van der Waals surface area (Å²) in [6, 6.07) is 0.569. The lowest BCUT2D eigenvalue weighted by Gasteiger charge is -2.35. The second kappa shape index (κ2) is 8.54. The van der Waals surface area contributed by atoms with E-state index in [1.165, 1.54) is 18.5 Å². The topological polar surface area (TPSA) is 35.6 Å². The molecule has 1 heterocycles. The van der Waals surface area contributed by atoms with Crippen molar-refractivity contribution in [2.75, 3.05) is 32.7 Å². The van der Waals surface area contributed by atoms with Crippen LogP contribution >= 0.6 is 0 Å². The van der Waals surface area contributed by atoms with Gasteiger partial charge < -0.3 is 10.2 Å². The Bertz CT molecular complexity index is 361. The quantitative estimate of drug-likeness (QED) is 0.816.